The van der Waals surface area contributed by atoms with Gasteiger partial charge in [-0.1, -0.05) is 59.7 Å². The van der Waals surface area contributed by atoms with Crippen molar-refractivity contribution in [1.29, 1.82) is 0 Å². The van der Waals surface area contributed by atoms with Crippen molar-refractivity contribution in [2.45, 2.75) is 71.3 Å². The second kappa shape index (κ2) is 4.29. The minimum atomic E-state index is 0.130. The van der Waals surface area contributed by atoms with Gasteiger partial charge in [0.05, 0.1) is 6.10 Å². The first-order chi connectivity index (χ1) is 8.19. The number of benzene rings is 1. The van der Waals surface area contributed by atoms with Gasteiger partial charge in [0, 0.05) is 0 Å². The van der Waals surface area contributed by atoms with Gasteiger partial charge in [0.1, 0.15) is 5.75 Å². The summed E-state index contributed by atoms with van der Waals surface area (Å²) in [6.07, 6.45) is 2.87. The third-order valence-corrected chi connectivity index (χ3v) is 3.44. The van der Waals surface area contributed by atoms with E-state index in [1.807, 2.05) is 0 Å². The molecule has 0 radical (unpaired) electrons. The number of hydrogen-bond acceptors (Lipinski definition) is 1. The van der Waals surface area contributed by atoms with Crippen LogP contribution in [0.15, 0.2) is 18.2 Å². The lowest BCUT2D eigenvalue weighted by molar-refractivity contribution is 0.286. The van der Waals surface area contributed by atoms with E-state index in [-0.39, 0.29) is 10.8 Å². The first-order valence-corrected chi connectivity index (χ1v) is 7.00. The molecule has 0 saturated heterocycles. The molecule has 0 spiro atoms. The van der Waals surface area contributed by atoms with Crippen LogP contribution in [-0.2, 0) is 10.8 Å². The van der Waals surface area contributed by atoms with Crippen LogP contribution in [0.2, 0.25) is 0 Å². The maximum atomic E-state index is 6.24. The molecule has 1 heteroatoms. The highest BCUT2D eigenvalue weighted by Gasteiger charge is 2.31. The van der Waals surface area contributed by atoms with Gasteiger partial charge in [-0.05, 0) is 34.8 Å². The lowest BCUT2D eigenvalue weighted by atomic mass is 9.79. The molecular formula is C17H26O. The van der Waals surface area contributed by atoms with E-state index in [2.05, 4.69) is 59.7 Å². The second-order valence-corrected chi connectivity index (χ2v) is 7.50. The number of ether oxygens (including phenoxy) is 1. The summed E-state index contributed by atoms with van der Waals surface area (Å²) < 4.78 is 6.24. The third-order valence-electron chi connectivity index (χ3n) is 3.44. The smallest absolute Gasteiger partial charge is 0.127 e. The van der Waals surface area contributed by atoms with Crippen molar-refractivity contribution in [3.8, 4) is 5.75 Å². The van der Waals surface area contributed by atoms with Gasteiger partial charge in [-0.25, -0.2) is 0 Å². The zero-order valence-electron chi connectivity index (χ0n) is 12.6. The molecule has 0 aromatic heterocycles. The van der Waals surface area contributed by atoms with Gasteiger partial charge in [0.2, 0.25) is 0 Å². The summed E-state index contributed by atoms with van der Waals surface area (Å²) in [6, 6.07) is 6.60. The van der Waals surface area contributed by atoms with Crippen LogP contribution in [0.5, 0.6) is 5.75 Å². The Balaban J connectivity index is 2.52. The Morgan fingerprint density at radius 1 is 0.889 bits per heavy atom. The van der Waals surface area contributed by atoms with Crippen molar-refractivity contribution in [3.05, 3.63) is 29.3 Å². The van der Waals surface area contributed by atoms with E-state index in [9.17, 15) is 0 Å². The molecule has 0 N–H and O–H groups in total. The van der Waals surface area contributed by atoms with Crippen molar-refractivity contribution in [1.82, 2.24) is 0 Å². The molecule has 1 aliphatic carbocycles. The zero-order chi connectivity index (χ0) is 13.6. The van der Waals surface area contributed by atoms with Gasteiger partial charge >= 0.3 is 0 Å². The van der Waals surface area contributed by atoms with Crippen molar-refractivity contribution < 1.29 is 4.74 Å². The summed E-state index contributed by atoms with van der Waals surface area (Å²) in [6.45, 7) is 13.6. The number of para-hydroxylation sites is 1. The molecule has 1 aromatic rings. The molecule has 0 heterocycles. The Bertz CT molecular complexity index is 396. The van der Waals surface area contributed by atoms with Crippen LogP contribution in [-0.4, -0.2) is 6.10 Å². The van der Waals surface area contributed by atoms with Crippen LogP contribution in [0.3, 0.4) is 0 Å². The van der Waals surface area contributed by atoms with Gasteiger partial charge in [-0.3, -0.25) is 0 Å². The lowest BCUT2D eigenvalue weighted by Crippen LogP contribution is -2.20. The van der Waals surface area contributed by atoms with Crippen LogP contribution in [0, 0.1) is 0 Å². The van der Waals surface area contributed by atoms with Gasteiger partial charge in [-0.15, -0.1) is 0 Å². The molecule has 1 aliphatic rings. The van der Waals surface area contributed by atoms with Crippen LogP contribution in [0.1, 0.15) is 65.5 Å². The lowest BCUT2D eigenvalue weighted by Gasteiger charge is -2.29. The monoisotopic (exact) mass is 246 g/mol. The van der Waals surface area contributed by atoms with Crippen LogP contribution in [0.25, 0.3) is 0 Å². The fourth-order valence-corrected chi connectivity index (χ4v) is 2.20. The Labute approximate surface area is 112 Å². The molecule has 2 rings (SSSR count). The van der Waals surface area contributed by atoms with Gasteiger partial charge in [0.15, 0.2) is 0 Å². The average molecular weight is 246 g/mol. The summed E-state index contributed by atoms with van der Waals surface area (Å²) in [5.74, 6) is 1.14. The summed E-state index contributed by atoms with van der Waals surface area (Å²) >= 11 is 0. The first-order valence-electron chi connectivity index (χ1n) is 7.00. The minimum Gasteiger partial charge on any atom is -0.490 e. The maximum Gasteiger partial charge on any atom is 0.127 e. The average Bonchev–Trinajstić information content (AvgIpc) is 2.98. The summed E-state index contributed by atoms with van der Waals surface area (Å²) in [4.78, 5) is 0. The second-order valence-electron chi connectivity index (χ2n) is 7.50. The fourth-order valence-electron chi connectivity index (χ4n) is 2.20. The van der Waals surface area contributed by atoms with Crippen molar-refractivity contribution in [2.24, 2.45) is 0 Å². The Kier molecular flexibility index (Phi) is 3.21. The molecule has 100 valence electrons. The predicted molar refractivity (Wildman–Crippen MR) is 77.5 cm³/mol. The first kappa shape index (κ1) is 13.5. The van der Waals surface area contributed by atoms with Crippen molar-refractivity contribution >= 4 is 0 Å². The van der Waals surface area contributed by atoms with Crippen LogP contribution < -0.4 is 4.74 Å². The molecule has 18 heavy (non-hydrogen) atoms. The van der Waals surface area contributed by atoms with E-state index in [1.165, 1.54) is 24.0 Å². The highest BCUT2D eigenvalue weighted by Crippen LogP contribution is 2.42. The summed E-state index contributed by atoms with van der Waals surface area (Å²) in [5, 5.41) is 0. The quantitative estimate of drug-likeness (QED) is 0.726. The normalized spacial score (nSPS) is 16.8. The van der Waals surface area contributed by atoms with E-state index < -0.39 is 0 Å². The van der Waals surface area contributed by atoms with Crippen molar-refractivity contribution in [2.75, 3.05) is 0 Å². The molecule has 1 aromatic carbocycles. The number of hydrogen-bond donors (Lipinski definition) is 0. The van der Waals surface area contributed by atoms with E-state index in [1.54, 1.807) is 0 Å². The summed E-state index contributed by atoms with van der Waals surface area (Å²) in [7, 11) is 0. The highest BCUT2D eigenvalue weighted by molar-refractivity contribution is 5.48. The molecule has 0 amide bonds. The van der Waals surface area contributed by atoms with Gasteiger partial charge in [0.25, 0.3) is 0 Å². The number of rotatable bonds is 2. The van der Waals surface area contributed by atoms with Crippen molar-refractivity contribution in [3.63, 3.8) is 0 Å². The largest absolute Gasteiger partial charge is 0.490 e. The molecular weight excluding hydrogens is 220 g/mol. The van der Waals surface area contributed by atoms with Crippen LogP contribution >= 0.6 is 0 Å². The minimum absolute atomic E-state index is 0.130. The maximum absolute atomic E-state index is 6.24. The molecule has 0 unspecified atom stereocenters. The fraction of sp³-hybridized carbons (Fsp3) is 0.647. The standard InChI is InChI=1S/C17H26O/c1-16(2,3)13-8-7-9-14(17(4,5)6)15(13)18-12-10-11-12/h7-9,12H,10-11H2,1-6H3. The van der Waals surface area contributed by atoms with E-state index in [0.29, 0.717) is 6.10 Å². The van der Waals surface area contributed by atoms with Crippen LogP contribution in [0.4, 0.5) is 0 Å². The molecule has 0 atom stereocenters. The SMILES string of the molecule is CC(C)(C)c1cccc(C(C)(C)C)c1OC1CC1. The van der Waals surface area contributed by atoms with E-state index >= 15 is 0 Å². The molecule has 0 bridgehead atoms. The molecule has 1 fully saturated rings. The predicted octanol–water partition coefficient (Wildman–Crippen LogP) is 4.82. The Morgan fingerprint density at radius 2 is 1.33 bits per heavy atom. The zero-order valence-corrected chi connectivity index (χ0v) is 12.6. The summed E-state index contributed by atoms with van der Waals surface area (Å²) in [5.41, 5.74) is 2.93. The molecule has 1 saturated carbocycles. The Hall–Kier alpha value is -0.980. The highest BCUT2D eigenvalue weighted by atomic mass is 16.5. The van der Waals surface area contributed by atoms with E-state index in [0.717, 1.165) is 5.75 Å². The third kappa shape index (κ3) is 2.88. The van der Waals surface area contributed by atoms with Gasteiger partial charge < -0.3 is 4.74 Å². The van der Waals surface area contributed by atoms with Gasteiger partial charge in [-0.2, -0.15) is 0 Å². The van der Waals surface area contributed by atoms with E-state index in [4.69, 9.17) is 4.74 Å². The Morgan fingerprint density at radius 3 is 1.67 bits per heavy atom. The molecule has 0 aliphatic heterocycles. The topological polar surface area (TPSA) is 9.23 Å². The molecule has 1 nitrogen and oxygen atoms in total.